The van der Waals surface area contributed by atoms with Gasteiger partial charge < -0.3 is 4.74 Å². The second-order valence-electron chi connectivity index (χ2n) is 3.62. The van der Waals surface area contributed by atoms with Gasteiger partial charge in [-0.1, -0.05) is 25.5 Å². The van der Waals surface area contributed by atoms with Crippen molar-refractivity contribution in [2.24, 2.45) is 0 Å². The minimum Gasteiger partial charge on any atom is -0.427 e. The molecule has 0 aliphatic rings. The van der Waals surface area contributed by atoms with E-state index in [0.717, 1.165) is 18.4 Å². The van der Waals surface area contributed by atoms with Crippen LogP contribution in [-0.2, 0) is 9.53 Å². The van der Waals surface area contributed by atoms with E-state index in [-0.39, 0.29) is 5.97 Å². The zero-order valence-electron chi connectivity index (χ0n) is 10.2. The van der Waals surface area contributed by atoms with E-state index in [1.165, 1.54) is 6.92 Å². The van der Waals surface area contributed by atoms with Gasteiger partial charge in [0.1, 0.15) is 5.76 Å². The van der Waals surface area contributed by atoms with Gasteiger partial charge in [-0.25, -0.2) is 0 Å². The van der Waals surface area contributed by atoms with Gasteiger partial charge in [-0.2, -0.15) is 0 Å². The first kappa shape index (κ1) is 13.2. The Hall–Kier alpha value is -1.90. The van der Waals surface area contributed by atoms with Gasteiger partial charge in [0.2, 0.25) is 0 Å². The molecule has 1 rings (SSSR count). The lowest BCUT2D eigenvalue weighted by Gasteiger charge is -2.02. The van der Waals surface area contributed by atoms with E-state index in [0.29, 0.717) is 5.76 Å². The number of aromatic nitrogens is 1. The van der Waals surface area contributed by atoms with E-state index in [2.05, 4.69) is 11.9 Å². The number of unbranched alkanes of at least 4 members (excludes halogenated alkanes) is 1. The summed E-state index contributed by atoms with van der Waals surface area (Å²) in [7, 11) is 0. The number of pyridine rings is 1. The zero-order chi connectivity index (χ0) is 12.5. The van der Waals surface area contributed by atoms with Gasteiger partial charge >= 0.3 is 5.97 Å². The fraction of sp³-hybridized carbons (Fsp3) is 0.286. The molecule has 1 aromatic rings. The van der Waals surface area contributed by atoms with Crippen LogP contribution in [0.5, 0.6) is 0 Å². The molecule has 0 saturated carbocycles. The van der Waals surface area contributed by atoms with Gasteiger partial charge in [-0.3, -0.25) is 9.78 Å². The Labute approximate surface area is 102 Å². The lowest BCUT2D eigenvalue weighted by molar-refractivity contribution is -0.136. The quantitative estimate of drug-likeness (QED) is 0.443. The monoisotopic (exact) mass is 231 g/mol. The highest BCUT2D eigenvalue weighted by molar-refractivity contribution is 5.69. The molecule has 1 heterocycles. The third-order valence-electron chi connectivity index (χ3n) is 1.99. The normalized spacial score (nSPS) is 11.8. The molecule has 0 N–H and O–H groups in total. The summed E-state index contributed by atoms with van der Waals surface area (Å²) in [6.45, 7) is 3.49. The summed E-state index contributed by atoms with van der Waals surface area (Å²) in [5.41, 5.74) is 0.907. The molecule has 0 spiro atoms. The number of nitrogens with zero attached hydrogens (tertiary/aromatic N) is 1. The molecule has 0 fully saturated rings. The lowest BCUT2D eigenvalue weighted by Crippen LogP contribution is -1.96. The van der Waals surface area contributed by atoms with Crippen molar-refractivity contribution in [3.8, 4) is 0 Å². The molecule has 0 radical (unpaired) electrons. The summed E-state index contributed by atoms with van der Waals surface area (Å²) in [6, 6.07) is 3.75. The van der Waals surface area contributed by atoms with Gasteiger partial charge in [0.05, 0.1) is 0 Å². The maximum absolute atomic E-state index is 11.0. The molecule has 3 nitrogen and oxygen atoms in total. The highest BCUT2D eigenvalue weighted by Gasteiger charge is 1.98. The Kier molecular flexibility index (Phi) is 5.72. The van der Waals surface area contributed by atoms with E-state index < -0.39 is 0 Å². The molecule has 0 saturated heterocycles. The van der Waals surface area contributed by atoms with Crippen LogP contribution in [0.25, 0.3) is 6.08 Å². The third-order valence-corrected chi connectivity index (χ3v) is 1.99. The minimum atomic E-state index is -0.318. The molecule has 1 aromatic heterocycles. The number of ether oxygens (including phenoxy) is 1. The molecular weight excluding hydrogens is 214 g/mol. The van der Waals surface area contributed by atoms with E-state index >= 15 is 0 Å². The van der Waals surface area contributed by atoms with Crippen LogP contribution in [0.4, 0.5) is 0 Å². The van der Waals surface area contributed by atoms with E-state index in [4.69, 9.17) is 4.74 Å². The smallest absolute Gasteiger partial charge is 0.308 e. The Morgan fingerprint density at radius 2 is 2.35 bits per heavy atom. The SMILES string of the molecule is CCC/C=C/C(=C/c1cccnc1)OC(C)=O. The van der Waals surface area contributed by atoms with Crippen LogP contribution in [0.1, 0.15) is 32.3 Å². The third kappa shape index (κ3) is 5.66. The predicted octanol–water partition coefficient (Wildman–Crippen LogP) is 3.34. The minimum absolute atomic E-state index is 0.318. The van der Waals surface area contributed by atoms with Gasteiger partial charge in [-0.15, -0.1) is 0 Å². The van der Waals surface area contributed by atoms with Crippen LogP contribution in [0.3, 0.4) is 0 Å². The zero-order valence-corrected chi connectivity index (χ0v) is 10.2. The topological polar surface area (TPSA) is 39.2 Å². The van der Waals surface area contributed by atoms with Crippen molar-refractivity contribution >= 4 is 12.0 Å². The summed E-state index contributed by atoms with van der Waals surface area (Å²) in [4.78, 5) is 15.0. The second-order valence-corrected chi connectivity index (χ2v) is 3.62. The van der Waals surface area contributed by atoms with Crippen LogP contribution in [0.2, 0.25) is 0 Å². The second kappa shape index (κ2) is 7.39. The Morgan fingerprint density at radius 1 is 1.53 bits per heavy atom. The number of rotatable bonds is 5. The van der Waals surface area contributed by atoms with Crippen LogP contribution >= 0.6 is 0 Å². The van der Waals surface area contributed by atoms with Crippen molar-refractivity contribution in [1.29, 1.82) is 0 Å². The molecule has 90 valence electrons. The first-order valence-corrected chi connectivity index (χ1v) is 5.69. The van der Waals surface area contributed by atoms with Gasteiger partial charge in [0.25, 0.3) is 0 Å². The number of esters is 1. The van der Waals surface area contributed by atoms with E-state index in [1.54, 1.807) is 18.5 Å². The number of hydrogen-bond donors (Lipinski definition) is 0. The maximum Gasteiger partial charge on any atom is 0.308 e. The predicted molar refractivity (Wildman–Crippen MR) is 68.0 cm³/mol. The first-order chi connectivity index (χ1) is 8.22. The Bertz CT molecular complexity index is 407. The summed E-state index contributed by atoms with van der Waals surface area (Å²) >= 11 is 0. The van der Waals surface area contributed by atoms with Crippen molar-refractivity contribution in [3.63, 3.8) is 0 Å². The van der Waals surface area contributed by atoms with E-state index in [1.807, 2.05) is 24.3 Å². The van der Waals surface area contributed by atoms with Gasteiger partial charge in [-0.05, 0) is 30.2 Å². The molecule has 3 heteroatoms. The molecule has 0 unspecified atom stereocenters. The number of hydrogen-bond acceptors (Lipinski definition) is 3. The summed E-state index contributed by atoms with van der Waals surface area (Å²) in [6.07, 6.45) is 11.1. The standard InChI is InChI=1S/C14H17NO2/c1-3-4-5-8-14(17-12(2)16)10-13-7-6-9-15-11-13/h5-11H,3-4H2,1-2H3/b8-5+,14-10-. The number of carbonyl (C=O) groups is 1. The molecule has 17 heavy (non-hydrogen) atoms. The number of carbonyl (C=O) groups excluding carboxylic acids is 1. The Balaban J connectivity index is 2.82. The van der Waals surface area contributed by atoms with Crippen LogP contribution in [0, 0.1) is 0 Å². The van der Waals surface area contributed by atoms with Crippen LogP contribution < -0.4 is 0 Å². The molecular formula is C14H17NO2. The molecule has 0 aliphatic heterocycles. The fourth-order valence-corrected chi connectivity index (χ4v) is 1.27. The van der Waals surface area contributed by atoms with Crippen LogP contribution in [0.15, 0.2) is 42.4 Å². The molecule has 0 aromatic carbocycles. The highest BCUT2D eigenvalue weighted by Crippen LogP contribution is 2.09. The number of allylic oxidation sites excluding steroid dienone is 2. The summed E-state index contributed by atoms with van der Waals surface area (Å²) in [5, 5.41) is 0. The lowest BCUT2D eigenvalue weighted by atomic mass is 10.2. The molecule has 0 atom stereocenters. The molecule has 0 aliphatic carbocycles. The average Bonchev–Trinajstić information content (AvgIpc) is 2.30. The van der Waals surface area contributed by atoms with Crippen molar-refractivity contribution in [2.75, 3.05) is 0 Å². The van der Waals surface area contributed by atoms with Crippen LogP contribution in [-0.4, -0.2) is 11.0 Å². The molecule has 0 bridgehead atoms. The molecule has 0 amide bonds. The largest absolute Gasteiger partial charge is 0.427 e. The van der Waals surface area contributed by atoms with Crippen molar-refractivity contribution in [2.45, 2.75) is 26.7 Å². The van der Waals surface area contributed by atoms with Gasteiger partial charge in [0, 0.05) is 19.3 Å². The first-order valence-electron chi connectivity index (χ1n) is 5.69. The van der Waals surface area contributed by atoms with Crippen molar-refractivity contribution in [3.05, 3.63) is 48.0 Å². The fourth-order valence-electron chi connectivity index (χ4n) is 1.27. The average molecular weight is 231 g/mol. The summed E-state index contributed by atoms with van der Waals surface area (Å²) < 4.78 is 5.11. The Morgan fingerprint density at radius 3 is 2.94 bits per heavy atom. The van der Waals surface area contributed by atoms with Crippen molar-refractivity contribution < 1.29 is 9.53 Å². The maximum atomic E-state index is 11.0. The highest BCUT2D eigenvalue weighted by atomic mass is 16.5. The summed E-state index contributed by atoms with van der Waals surface area (Å²) in [5.74, 6) is 0.222. The van der Waals surface area contributed by atoms with Gasteiger partial charge in [0.15, 0.2) is 0 Å². The van der Waals surface area contributed by atoms with Crippen molar-refractivity contribution in [1.82, 2.24) is 4.98 Å². The van der Waals surface area contributed by atoms with E-state index in [9.17, 15) is 4.79 Å².